The summed E-state index contributed by atoms with van der Waals surface area (Å²) in [5.41, 5.74) is 5.06. The number of ether oxygens (including phenoxy) is 1. The van der Waals surface area contributed by atoms with E-state index in [1.165, 1.54) is 16.8 Å². The van der Waals surface area contributed by atoms with Crippen LogP contribution in [0.1, 0.15) is 56.4 Å². The standard InChI is InChI=1S/C22H28F3N3O5S2/c1-3-21(35(31,32)16-6-4-5-15(11-16)22(23,24)25)9-10-33-18(13-21)17-12-19(34(2,29)30)27-28(17)14-20(26)7-8-20/h4-6,11-12,18H,3,7-10,13-14,26H2,1-2H3. The summed E-state index contributed by atoms with van der Waals surface area (Å²) in [4.78, 5) is -0.404. The molecule has 2 aromatic rings. The number of alkyl halides is 3. The van der Waals surface area contributed by atoms with Crippen molar-refractivity contribution in [1.29, 1.82) is 0 Å². The zero-order valence-electron chi connectivity index (χ0n) is 19.4. The fraction of sp³-hybridized carbons (Fsp3) is 0.591. The van der Waals surface area contributed by atoms with Crippen molar-refractivity contribution in [2.24, 2.45) is 5.73 Å². The topological polar surface area (TPSA) is 121 Å². The van der Waals surface area contributed by atoms with Gasteiger partial charge in [0.25, 0.3) is 0 Å². The van der Waals surface area contributed by atoms with Crippen LogP contribution in [0.4, 0.5) is 13.2 Å². The van der Waals surface area contributed by atoms with Crippen LogP contribution in [0.15, 0.2) is 40.3 Å². The quantitative estimate of drug-likeness (QED) is 0.578. The Kier molecular flexibility index (Phi) is 6.39. The number of nitrogens with zero attached hydrogens (tertiary/aromatic N) is 2. The molecule has 2 atom stereocenters. The number of rotatable bonds is 7. The molecule has 1 aromatic carbocycles. The highest BCUT2D eigenvalue weighted by Crippen LogP contribution is 2.45. The monoisotopic (exact) mass is 535 g/mol. The molecule has 2 N–H and O–H groups in total. The summed E-state index contributed by atoms with van der Waals surface area (Å²) < 4.78 is 97.5. The highest BCUT2D eigenvalue weighted by Gasteiger charge is 2.49. The lowest BCUT2D eigenvalue weighted by Gasteiger charge is -2.40. The van der Waals surface area contributed by atoms with Crippen molar-refractivity contribution >= 4 is 19.7 Å². The zero-order valence-corrected chi connectivity index (χ0v) is 21.0. The minimum absolute atomic E-state index is 0.0316. The molecule has 2 heterocycles. The Morgan fingerprint density at radius 1 is 1.17 bits per heavy atom. The van der Waals surface area contributed by atoms with E-state index in [1.807, 2.05) is 0 Å². The van der Waals surface area contributed by atoms with Gasteiger partial charge in [0.15, 0.2) is 24.7 Å². The van der Waals surface area contributed by atoms with Crippen LogP contribution in [0, 0.1) is 0 Å². The van der Waals surface area contributed by atoms with E-state index in [2.05, 4.69) is 5.10 Å². The van der Waals surface area contributed by atoms with Crippen LogP contribution in [-0.2, 0) is 37.1 Å². The number of sulfone groups is 2. The van der Waals surface area contributed by atoms with Gasteiger partial charge in [-0.3, -0.25) is 4.68 Å². The second-order valence-electron chi connectivity index (χ2n) is 9.58. The zero-order chi connectivity index (χ0) is 25.9. The number of aromatic nitrogens is 2. The van der Waals surface area contributed by atoms with Crippen LogP contribution in [0.5, 0.6) is 0 Å². The molecule has 0 bridgehead atoms. The van der Waals surface area contributed by atoms with Crippen molar-refractivity contribution < 1.29 is 34.7 Å². The molecule has 2 aliphatic rings. The third-order valence-corrected chi connectivity index (χ3v) is 10.6. The fourth-order valence-electron chi connectivity index (χ4n) is 4.51. The van der Waals surface area contributed by atoms with Crippen LogP contribution < -0.4 is 5.73 Å². The lowest BCUT2D eigenvalue weighted by atomic mass is 9.90. The molecule has 1 aliphatic carbocycles. The van der Waals surface area contributed by atoms with Gasteiger partial charge in [0.1, 0.15) is 6.10 Å². The predicted molar refractivity (Wildman–Crippen MR) is 121 cm³/mol. The van der Waals surface area contributed by atoms with Crippen molar-refractivity contribution in [2.45, 2.75) is 78.1 Å². The van der Waals surface area contributed by atoms with Gasteiger partial charge < -0.3 is 10.5 Å². The second-order valence-corrected chi connectivity index (χ2v) is 13.9. The first kappa shape index (κ1) is 26.1. The van der Waals surface area contributed by atoms with E-state index in [0.29, 0.717) is 11.8 Å². The molecule has 35 heavy (non-hydrogen) atoms. The summed E-state index contributed by atoms with van der Waals surface area (Å²) in [5.74, 6) is 0. The molecule has 4 rings (SSSR count). The molecule has 1 aliphatic heterocycles. The van der Waals surface area contributed by atoms with Crippen LogP contribution in [0.2, 0.25) is 0 Å². The normalized spacial score (nSPS) is 24.9. The summed E-state index contributed by atoms with van der Waals surface area (Å²) in [6.45, 7) is 1.95. The third kappa shape index (κ3) is 5.00. The van der Waals surface area contributed by atoms with Crippen molar-refractivity contribution in [1.82, 2.24) is 9.78 Å². The van der Waals surface area contributed by atoms with Gasteiger partial charge in [0.05, 0.1) is 27.4 Å². The Morgan fingerprint density at radius 2 is 1.86 bits per heavy atom. The van der Waals surface area contributed by atoms with Crippen molar-refractivity contribution in [3.05, 3.63) is 41.6 Å². The highest BCUT2D eigenvalue weighted by atomic mass is 32.2. The Balaban J connectivity index is 1.74. The summed E-state index contributed by atoms with van der Waals surface area (Å²) >= 11 is 0. The van der Waals surface area contributed by atoms with E-state index in [-0.39, 0.29) is 37.4 Å². The number of benzene rings is 1. The maximum atomic E-state index is 13.7. The fourth-order valence-corrected chi connectivity index (χ4v) is 7.24. The van der Waals surface area contributed by atoms with E-state index in [9.17, 15) is 30.0 Å². The Bertz CT molecular complexity index is 1330. The van der Waals surface area contributed by atoms with Crippen LogP contribution in [0.25, 0.3) is 0 Å². The maximum Gasteiger partial charge on any atom is 0.416 e. The summed E-state index contributed by atoms with van der Waals surface area (Å²) in [5, 5.41) is 4.04. The Hall–Kier alpha value is -1.96. The van der Waals surface area contributed by atoms with Gasteiger partial charge in [-0.05, 0) is 50.3 Å². The second kappa shape index (κ2) is 8.56. The lowest BCUT2D eigenvalue weighted by molar-refractivity contribution is -0.137. The average molecular weight is 536 g/mol. The molecular weight excluding hydrogens is 507 g/mol. The van der Waals surface area contributed by atoms with Crippen LogP contribution in [0.3, 0.4) is 0 Å². The molecule has 194 valence electrons. The minimum atomic E-state index is -4.68. The first-order valence-electron chi connectivity index (χ1n) is 11.2. The van der Waals surface area contributed by atoms with Gasteiger partial charge in [0, 0.05) is 24.5 Å². The Labute approximate surface area is 202 Å². The van der Waals surface area contributed by atoms with Crippen molar-refractivity contribution in [3.8, 4) is 0 Å². The molecule has 2 fully saturated rings. The number of nitrogens with two attached hydrogens (primary N) is 1. The molecule has 1 aromatic heterocycles. The van der Waals surface area contributed by atoms with Gasteiger partial charge in [-0.25, -0.2) is 16.8 Å². The van der Waals surface area contributed by atoms with Crippen LogP contribution in [-0.4, -0.2) is 49.8 Å². The molecule has 0 amide bonds. The molecule has 0 radical (unpaired) electrons. The van der Waals surface area contributed by atoms with E-state index in [1.54, 1.807) is 6.92 Å². The summed E-state index contributed by atoms with van der Waals surface area (Å²) in [6.07, 6.45) is -2.83. The molecule has 1 saturated heterocycles. The molecular formula is C22H28F3N3O5S2. The summed E-state index contributed by atoms with van der Waals surface area (Å²) in [7, 11) is -7.86. The van der Waals surface area contributed by atoms with Gasteiger partial charge >= 0.3 is 6.18 Å². The first-order chi connectivity index (χ1) is 16.1. The van der Waals surface area contributed by atoms with Gasteiger partial charge in [0.2, 0.25) is 0 Å². The summed E-state index contributed by atoms with van der Waals surface area (Å²) in [6, 6.07) is 5.11. The SMILES string of the molecule is CCC1(S(=O)(=O)c2cccc(C(F)(F)F)c2)CCOC(c2cc(S(C)(=O)=O)nn2CC2(N)CC2)C1. The van der Waals surface area contributed by atoms with Crippen LogP contribution >= 0.6 is 0 Å². The van der Waals surface area contributed by atoms with E-state index >= 15 is 0 Å². The van der Waals surface area contributed by atoms with Crippen molar-refractivity contribution in [3.63, 3.8) is 0 Å². The molecule has 8 nitrogen and oxygen atoms in total. The third-order valence-electron chi connectivity index (χ3n) is 6.98. The average Bonchev–Trinajstić information content (AvgIpc) is 3.34. The Morgan fingerprint density at radius 3 is 2.43 bits per heavy atom. The number of halogens is 3. The molecule has 0 spiro atoms. The van der Waals surface area contributed by atoms with Gasteiger partial charge in [-0.15, -0.1) is 0 Å². The van der Waals surface area contributed by atoms with Crippen molar-refractivity contribution in [2.75, 3.05) is 12.9 Å². The molecule has 2 unspecified atom stereocenters. The maximum absolute atomic E-state index is 13.7. The van der Waals surface area contributed by atoms with E-state index in [0.717, 1.165) is 31.2 Å². The van der Waals surface area contributed by atoms with Gasteiger partial charge in [-0.2, -0.15) is 18.3 Å². The minimum Gasteiger partial charge on any atom is -0.372 e. The number of hydrogen-bond acceptors (Lipinski definition) is 7. The highest BCUT2D eigenvalue weighted by molar-refractivity contribution is 7.92. The largest absolute Gasteiger partial charge is 0.416 e. The number of hydrogen-bond donors (Lipinski definition) is 1. The molecule has 1 saturated carbocycles. The van der Waals surface area contributed by atoms with Gasteiger partial charge in [-0.1, -0.05) is 13.0 Å². The predicted octanol–water partition coefficient (Wildman–Crippen LogP) is 3.27. The first-order valence-corrected chi connectivity index (χ1v) is 14.6. The lowest BCUT2D eigenvalue weighted by Crippen LogP contribution is -2.45. The van der Waals surface area contributed by atoms with E-state index in [4.69, 9.17) is 10.5 Å². The van der Waals surface area contributed by atoms with E-state index < -0.39 is 52.7 Å². The smallest absolute Gasteiger partial charge is 0.372 e. The molecule has 13 heteroatoms.